The number of fused-ring (bicyclic) bond motifs is 2. The van der Waals surface area contributed by atoms with E-state index < -0.39 is 0 Å². The third-order valence-corrected chi connectivity index (χ3v) is 2.87. The Balaban J connectivity index is 1.94. The van der Waals surface area contributed by atoms with Crippen molar-refractivity contribution in [3.05, 3.63) is 48.0 Å². The molecule has 1 aliphatic rings. The van der Waals surface area contributed by atoms with Gasteiger partial charge in [0.25, 0.3) is 0 Å². The molecule has 0 aliphatic carbocycles. The molecule has 0 saturated carbocycles. The highest BCUT2D eigenvalue weighted by atomic mass is 16.5. The Morgan fingerprint density at radius 3 is 2.79 bits per heavy atom. The molecular formula is C15H13NO3. The van der Waals surface area contributed by atoms with E-state index in [1.807, 2.05) is 24.3 Å². The van der Waals surface area contributed by atoms with Crippen LogP contribution in [0.3, 0.4) is 0 Å². The van der Waals surface area contributed by atoms with Gasteiger partial charge in [-0.1, -0.05) is 12.1 Å². The van der Waals surface area contributed by atoms with Gasteiger partial charge in [0, 0.05) is 0 Å². The fourth-order valence-electron chi connectivity index (χ4n) is 1.98. The van der Waals surface area contributed by atoms with E-state index in [-0.39, 0.29) is 5.97 Å². The van der Waals surface area contributed by atoms with E-state index in [0.29, 0.717) is 17.9 Å². The molecule has 3 rings (SSSR count). The van der Waals surface area contributed by atoms with Crippen molar-refractivity contribution < 1.29 is 14.3 Å². The summed E-state index contributed by atoms with van der Waals surface area (Å²) in [5.74, 6) is 1.15. The monoisotopic (exact) mass is 255 g/mol. The maximum absolute atomic E-state index is 11.7. The fraction of sp³-hybridized carbons (Fsp3) is 0.133. The summed E-state index contributed by atoms with van der Waals surface area (Å²) in [7, 11) is 0. The van der Waals surface area contributed by atoms with Gasteiger partial charge >= 0.3 is 5.97 Å². The molecule has 0 saturated heterocycles. The van der Waals surface area contributed by atoms with Gasteiger partial charge in [0.1, 0.15) is 0 Å². The molecule has 0 aromatic heterocycles. The third kappa shape index (κ3) is 2.12. The molecule has 1 N–H and O–H groups in total. The molecule has 0 fully saturated rings. The molecule has 0 radical (unpaired) electrons. The van der Waals surface area contributed by atoms with Crippen LogP contribution in [0.5, 0.6) is 11.5 Å². The summed E-state index contributed by atoms with van der Waals surface area (Å²) in [5.41, 5.74) is 2.16. The second-order valence-electron chi connectivity index (χ2n) is 4.15. The van der Waals surface area contributed by atoms with Crippen molar-refractivity contribution >= 4 is 17.3 Å². The summed E-state index contributed by atoms with van der Waals surface area (Å²) in [6.45, 7) is 2.15. The third-order valence-electron chi connectivity index (χ3n) is 2.87. The Morgan fingerprint density at radius 2 is 1.95 bits per heavy atom. The average Bonchev–Trinajstić information content (AvgIpc) is 2.44. The predicted molar refractivity (Wildman–Crippen MR) is 72.2 cm³/mol. The summed E-state index contributed by atoms with van der Waals surface area (Å²) < 4.78 is 10.7. The number of ether oxygens (including phenoxy) is 2. The Labute approximate surface area is 111 Å². The maximum atomic E-state index is 11.7. The van der Waals surface area contributed by atoms with Gasteiger partial charge in [-0.25, -0.2) is 4.79 Å². The number of anilines is 2. The Morgan fingerprint density at radius 1 is 1.16 bits per heavy atom. The van der Waals surface area contributed by atoms with E-state index in [2.05, 4.69) is 5.32 Å². The van der Waals surface area contributed by atoms with Crippen LogP contribution in [-0.4, -0.2) is 12.6 Å². The summed E-state index contributed by atoms with van der Waals surface area (Å²) in [6, 6.07) is 12.9. The molecule has 0 atom stereocenters. The number of benzene rings is 2. The van der Waals surface area contributed by atoms with Gasteiger partial charge in [0.05, 0.1) is 23.5 Å². The zero-order valence-electron chi connectivity index (χ0n) is 10.5. The van der Waals surface area contributed by atoms with Gasteiger partial charge in [0.2, 0.25) is 0 Å². The summed E-state index contributed by atoms with van der Waals surface area (Å²) in [4.78, 5) is 11.7. The number of para-hydroxylation sites is 2. The first-order valence-corrected chi connectivity index (χ1v) is 6.13. The largest absolute Gasteiger partial charge is 0.462 e. The first-order valence-electron chi connectivity index (χ1n) is 6.13. The summed E-state index contributed by atoms with van der Waals surface area (Å²) >= 11 is 0. The number of hydrogen-bond acceptors (Lipinski definition) is 4. The first-order chi connectivity index (χ1) is 9.28. The highest BCUT2D eigenvalue weighted by Gasteiger charge is 2.18. The molecule has 4 heteroatoms. The van der Waals surface area contributed by atoms with Crippen LogP contribution in [0.1, 0.15) is 17.3 Å². The standard InChI is InChI=1S/C15H13NO3/c1-2-18-15(17)10-7-8-14-12(9-10)16-11-5-3-4-6-13(11)19-14/h3-9,16H,2H2,1H3. The van der Waals surface area contributed by atoms with Gasteiger partial charge in [-0.05, 0) is 37.3 Å². The van der Waals surface area contributed by atoms with Crippen LogP contribution in [0.25, 0.3) is 0 Å². The highest BCUT2D eigenvalue weighted by Crippen LogP contribution is 2.41. The molecule has 0 spiro atoms. The Bertz CT molecular complexity index is 637. The molecule has 96 valence electrons. The van der Waals surface area contributed by atoms with Gasteiger partial charge in [-0.15, -0.1) is 0 Å². The van der Waals surface area contributed by atoms with Crippen molar-refractivity contribution in [2.24, 2.45) is 0 Å². The molecule has 0 bridgehead atoms. The van der Waals surface area contributed by atoms with E-state index in [1.54, 1.807) is 25.1 Å². The number of carbonyl (C=O) groups excluding carboxylic acids is 1. The number of esters is 1. The molecule has 2 aromatic rings. The second-order valence-corrected chi connectivity index (χ2v) is 4.15. The molecule has 19 heavy (non-hydrogen) atoms. The predicted octanol–water partition coefficient (Wildman–Crippen LogP) is 3.71. The normalized spacial score (nSPS) is 11.6. The number of hydrogen-bond donors (Lipinski definition) is 1. The molecule has 0 amide bonds. The van der Waals surface area contributed by atoms with E-state index in [4.69, 9.17) is 9.47 Å². The molecule has 1 aliphatic heterocycles. The highest BCUT2D eigenvalue weighted by molar-refractivity contribution is 5.92. The van der Waals surface area contributed by atoms with Crippen LogP contribution in [0, 0.1) is 0 Å². The molecule has 2 aromatic carbocycles. The van der Waals surface area contributed by atoms with Crippen molar-refractivity contribution in [1.82, 2.24) is 0 Å². The van der Waals surface area contributed by atoms with E-state index >= 15 is 0 Å². The van der Waals surface area contributed by atoms with Crippen molar-refractivity contribution in [2.45, 2.75) is 6.92 Å². The summed E-state index contributed by atoms with van der Waals surface area (Å²) in [5, 5.41) is 3.25. The Kier molecular flexibility index (Phi) is 2.83. The van der Waals surface area contributed by atoms with Crippen molar-refractivity contribution in [3.63, 3.8) is 0 Å². The second kappa shape index (κ2) is 4.65. The van der Waals surface area contributed by atoms with Crippen molar-refractivity contribution in [2.75, 3.05) is 11.9 Å². The fourth-order valence-corrected chi connectivity index (χ4v) is 1.98. The van der Waals surface area contributed by atoms with Crippen LogP contribution in [-0.2, 0) is 4.74 Å². The minimum absolute atomic E-state index is 0.328. The lowest BCUT2D eigenvalue weighted by Gasteiger charge is -2.21. The quantitative estimate of drug-likeness (QED) is 0.709. The zero-order chi connectivity index (χ0) is 13.2. The SMILES string of the molecule is CCOC(=O)c1ccc2c(c1)Nc1ccccc1O2. The van der Waals surface area contributed by atoms with Crippen LogP contribution in [0.4, 0.5) is 11.4 Å². The molecule has 4 nitrogen and oxygen atoms in total. The number of carbonyl (C=O) groups is 1. The van der Waals surface area contributed by atoms with Gasteiger partial charge in [0.15, 0.2) is 11.5 Å². The molecular weight excluding hydrogens is 242 g/mol. The Hall–Kier alpha value is -2.49. The van der Waals surface area contributed by atoms with Crippen molar-refractivity contribution in [3.8, 4) is 11.5 Å². The van der Waals surface area contributed by atoms with Crippen LogP contribution < -0.4 is 10.1 Å². The lowest BCUT2D eigenvalue weighted by atomic mass is 10.1. The first kappa shape index (κ1) is 11.6. The summed E-state index contributed by atoms with van der Waals surface area (Å²) in [6.07, 6.45) is 0. The minimum atomic E-state index is -0.328. The average molecular weight is 255 g/mol. The topological polar surface area (TPSA) is 47.6 Å². The number of nitrogens with one attached hydrogen (secondary N) is 1. The maximum Gasteiger partial charge on any atom is 0.338 e. The lowest BCUT2D eigenvalue weighted by molar-refractivity contribution is 0.0526. The minimum Gasteiger partial charge on any atom is -0.462 e. The molecule has 1 heterocycles. The van der Waals surface area contributed by atoms with Crippen LogP contribution in [0.15, 0.2) is 42.5 Å². The number of rotatable bonds is 2. The van der Waals surface area contributed by atoms with E-state index in [9.17, 15) is 4.79 Å². The van der Waals surface area contributed by atoms with E-state index in [0.717, 1.165) is 17.1 Å². The van der Waals surface area contributed by atoms with Crippen molar-refractivity contribution in [1.29, 1.82) is 0 Å². The van der Waals surface area contributed by atoms with Gasteiger partial charge in [-0.2, -0.15) is 0 Å². The van der Waals surface area contributed by atoms with Gasteiger partial charge < -0.3 is 14.8 Å². The van der Waals surface area contributed by atoms with Crippen LogP contribution >= 0.6 is 0 Å². The molecule has 0 unspecified atom stereocenters. The smallest absolute Gasteiger partial charge is 0.338 e. The van der Waals surface area contributed by atoms with Crippen LogP contribution in [0.2, 0.25) is 0 Å². The zero-order valence-corrected chi connectivity index (χ0v) is 10.5. The van der Waals surface area contributed by atoms with Gasteiger partial charge in [-0.3, -0.25) is 0 Å². The lowest BCUT2D eigenvalue weighted by Crippen LogP contribution is -2.07. The van der Waals surface area contributed by atoms with E-state index in [1.165, 1.54) is 0 Å².